The van der Waals surface area contributed by atoms with Gasteiger partial charge < -0.3 is 4.74 Å². The Morgan fingerprint density at radius 3 is 2.64 bits per heavy atom. The lowest BCUT2D eigenvalue weighted by Gasteiger charge is -2.07. The zero-order valence-corrected chi connectivity index (χ0v) is 9.64. The molecule has 1 aromatic heterocycles. The van der Waals surface area contributed by atoms with Gasteiger partial charge in [-0.2, -0.15) is 4.98 Å². The average Bonchev–Trinajstić information content (AvgIpc) is 2.01. The van der Waals surface area contributed by atoms with Crippen LogP contribution in [0.15, 0.2) is 6.07 Å². The van der Waals surface area contributed by atoms with Gasteiger partial charge in [-0.25, -0.2) is 4.98 Å². The number of ether oxygens (including phenoxy) is 1. The van der Waals surface area contributed by atoms with Gasteiger partial charge in [-0.1, -0.05) is 25.4 Å². The molecule has 0 aliphatic carbocycles. The van der Waals surface area contributed by atoms with Crippen molar-refractivity contribution in [2.75, 3.05) is 6.61 Å². The van der Waals surface area contributed by atoms with E-state index in [0.29, 0.717) is 23.6 Å². The smallest absolute Gasteiger partial charge is 0.227 e. The second-order valence-electron chi connectivity index (χ2n) is 3.33. The van der Waals surface area contributed by atoms with Crippen molar-refractivity contribution in [2.45, 2.75) is 20.3 Å². The van der Waals surface area contributed by atoms with E-state index in [1.165, 1.54) is 0 Å². The zero-order valence-electron chi connectivity index (χ0n) is 8.13. The first-order valence-corrected chi connectivity index (χ1v) is 5.16. The molecule has 3 nitrogen and oxygen atoms in total. The third kappa shape index (κ3) is 4.11. The Kier molecular flexibility index (Phi) is 4.42. The summed E-state index contributed by atoms with van der Waals surface area (Å²) in [5, 5.41) is 0.404. The van der Waals surface area contributed by atoms with E-state index < -0.39 is 0 Å². The summed E-state index contributed by atoms with van der Waals surface area (Å²) >= 11 is 11.3. The van der Waals surface area contributed by atoms with Crippen LogP contribution in [0.25, 0.3) is 0 Å². The van der Waals surface area contributed by atoms with Crippen LogP contribution in [0.1, 0.15) is 20.3 Å². The van der Waals surface area contributed by atoms with Gasteiger partial charge in [-0.15, -0.1) is 0 Å². The number of nitrogens with zero attached hydrogens (tertiary/aromatic N) is 2. The quantitative estimate of drug-likeness (QED) is 0.593. The Bertz CT molecular complexity index is 285. The summed E-state index contributed by atoms with van der Waals surface area (Å²) in [5.41, 5.74) is 0. The zero-order chi connectivity index (χ0) is 10.6. The lowest BCUT2D eigenvalue weighted by atomic mass is 10.1. The van der Waals surface area contributed by atoms with Gasteiger partial charge >= 0.3 is 0 Å². The second-order valence-corrected chi connectivity index (χ2v) is 4.05. The maximum atomic E-state index is 5.68. The molecule has 0 spiro atoms. The minimum Gasteiger partial charge on any atom is -0.478 e. The molecular weight excluding hydrogens is 223 g/mol. The van der Waals surface area contributed by atoms with Crippen molar-refractivity contribution in [1.29, 1.82) is 0 Å². The predicted molar refractivity (Wildman–Crippen MR) is 57.0 cm³/mol. The highest BCUT2D eigenvalue weighted by atomic mass is 35.5. The topological polar surface area (TPSA) is 35.0 Å². The normalized spacial score (nSPS) is 10.6. The molecule has 0 aromatic carbocycles. The Morgan fingerprint density at radius 2 is 2.07 bits per heavy atom. The van der Waals surface area contributed by atoms with E-state index in [1.54, 1.807) is 6.07 Å². The van der Waals surface area contributed by atoms with Crippen LogP contribution >= 0.6 is 23.2 Å². The highest BCUT2D eigenvalue weighted by Crippen LogP contribution is 2.16. The van der Waals surface area contributed by atoms with E-state index in [1.807, 2.05) is 0 Å². The van der Waals surface area contributed by atoms with Gasteiger partial charge in [0.2, 0.25) is 11.2 Å². The SMILES string of the molecule is CC(C)CCOc1cc(Cl)nc(Cl)n1. The van der Waals surface area contributed by atoms with E-state index in [2.05, 4.69) is 23.8 Å². The number of halogens is 2. The molecule has 0 N–H and O–H groups in total. The standard InChI is InChI=1S/C9H12Cl2N2O/c1-6(2)3-4-14-8-5-7(10)12-9(11)13-8/h5-6H,3-4H2,1-2H3. The molecule has 0 saturated carbocycles. The molecule has 0 amide bonds. The molecule has 0 radical (unpaired) electrons. The van der Waals surface area contributed by atoms with Crippen molar-refractivity contribution in [3.05, 3.63) is 16.5 Å². The third-order valence-electron chi connectivity index (χ3n) is 1.59. The maximum Gasteiger partial charge on any atom is 0.227 e. The highest BCUT2D eigenvalue weighted by Gasteiger charge is 2.02. The first kappa shape index (κ1) is 11.5. The minimum absolute atomic E-state index is 0.108. The molecule has 0 saturated heterocycles. The number of hydrogen-bond acceptors (Lipinski definition) is 3. The van der Waals surface area contributed by atoms with E-state index in [0.717, 1.165) is 6.42 Å². The van der Waals surface area contributed by atoms with Crippen molar-refractivity contribution >= 4 is 23.2 Å². The van der Waals surface area contributed by atoms with Gasteiger partial charge in [-0.05, 0) is 23.9 Å². The summed E-state index contributed by atoms with van der Waals surface area (Å²) in [4.78, 5) is 7.60. The molecule has 78 valence electrons. The van der Waals surface area contributed by atoms with Crippen molar-refractivity contribution in [2.24, 2.45) is 5.92 Å². The lowest BCUT2D eigenvalue weighted by Crippen LogP contribution is -2.03. The molecular formula is C9H12Cl2N2O. The molecule has 0 bridgehead atoms. The second kappa shape index (κ2) is 5.37. The molecule has 5 heteroatoms. The van der Waals surface area contributed by atoms with Gasteiger partial charge in [-0.3, -0.25) is 0 Å². The van der Waals surface area contributed by atoms with Crippen LogP contribution in [-0.4, -0.2) is 16.6 Å². The van der Waals surface area contributed by atoms with E-state index in [-0.39, 0.29) is 5.28 Å². The van der Waals surface area contributed by atoms with E-state index in [4.69, 9.17) is 27.9 Å². The monoisotopic (exact) mass is 234 g/mol. The largest absolute Gasteiger partial charge is 0.478 e. The van der Waals surface area contributed by atoms with Crippen molar-refractivity contribution in [3.63, 3.8) is 0 Å². The summed E-state index contributed by atoms with van der Waals surface area (Å²) in [6, 6.07) is 1.55. The summed E-state index contributed by atoms with van der Waals surface area (Å²) < 4.78 is 5.36. The Morgan fingerprint density at radius 1 is 1.36 bits per heavy atom. The molecule has 0 aliphatic heterocycles. The fraction of sp³-hybridized carbons (Fsp3) is 0.556. The Labute approximate surface area is 93.4 Å². The molecule has 1 rings (SSSR count). The van der Waals surface area contributed by atoms with Gasteiger partial charge in [0.15, 0.2) is 0 Å². The van der Waals surface area contributed by atoms with Gasteiger partial charge in [0.1, 0.15) is 5.15 Å². The Balaban J connectivity index is 2.50. The molecule has 0 aliphatic rings. The summed E-state index contributed by atoms with van der Waals surface area (Å²) in [7, 11) is 0. The van der Waals surface area contributed by atoms with Crippen LogP contribution in [0.3, 0.4) is 0 Å². The first-order chi connectivity index (χ1) is 6.58. The van der Waals surface area contributed by atoms with E-state index >= 15 is 0 Å². The average molecular weight is 235 g/mol. The molecule has 0 fully saturated rings. The van der Waals surface area contributed by atoms with Crippen LogP contribution in [0.5, 0.6) is 5.88 Å². The molecule has 0 atom stereocenters. The van der Waals surface area contributed by atoms with Crippen molar-refractivity contribution in [1.82, 2.24) is 9.97 Å². The maximum absolute atomic E-state index is 5.68. The summed E-state index contributed by atoms with van der Waals surface area (Å²) in [5.74, 6) is 1.03. The first-order valence-electron chi connectivity index (χ1n) is 4.41. The molecule has 14 heavy (non-hydrogen) atoms. The molecule has 1 aromatic rings. The number of hydrogen-bond donors (Lipinski definition) is 0. The summed E-state index contributed by atoms with van der Waals surface area (Å²) in [6.07, 6.45) is 0.971. The number of aromatic nitrogens is 2. The minimum atomic E-state index is 0.108. The van der Waals surface area contributed by atoms with Crippen molar-refractivity contribution in [3.8, 4) is 5.88 Å². The van der Waals surface area contributed by atoms with Crippen molar-refractivity contribution < 1.29 is 4.74 Å². The number of rotatable bonds is 4. The van der Waals surface area contributed by atoms with Crippen LogP contribution in [0.4, 0.5) is 0 Å². The van der Waals surface area contributed by atoms with Gasteiger partial charge in [0.05, 0.1) is 6.61 Å². The fourth-order valence-electron chi connectivity index (χ4n) is 0.844. The van der Waals surface area contributed by atoms with Crippen LogP contribution in [-0.2, 0) is 0 Å². The third-order valence-corrected chi connectivity index (χ3v) is 1.95. The lowest BCUT2D eigenvalue weighted by molar-refractivity contribution is 0.279. The van der Waals surface area contributed by atoms with Crippen LogP contribution < -0.4 is 4.74 Å². The molecule has 0 unspecified atom stereocenters. The van der Waals surface area contributed by atoms with Crippen LogP contribution in [0.2, 0.25) is 10.4 Å². The van der Waals surface area contributed by atoms with Crippen LogP contribution in [0, 0.1) is 5.92 Å². The Hall–Kier alpha value is -0.540. The highest BCUT2D eigenvalue weighted by molar-refractivity contribution is 6.31. The van der Waals surface area contributed by atoms with E-state index in [9.17, 15) is 0 Å². The summed E-state index contributed by atoms with van der Waals surface area (Å²) in [6.45, 7) is 4.87. The predicted octanol–water partition coefficient (Wildman–Crippen LogP) is 3.21. The molecule has 1 heterocycles. The van der Waals surface area contributed by atoms with Gasteiger partial charge in [0, 0.05) is 6.07 Å². The van der Waals surface area contributed by atoms with Gasteiger partial charge in [0.25, 0.3) is 0 Å². The fourth-order valence-corrected chi connectivity index (χ4v) is 1.23.